The molecule has 1 aliphatic rings. The zero-order valence-corrected chi connectivity index (χ0v) is 32.2. The minimum absolute atomic E-state index is 0.0349. The predicted octanol–water partition coefficient (Wildman–Crippen LogP) is 6.36. The first-order valence-corrected chi connectivity index (χ1v) is 18.9. The van der Waals surface area contributed by atoms with Gasteiger partial charge in [-0.15, -0.1) is 5.92 Å². The second-order valence-corrected chi connectivity index (χ2v) is 14.6. The number of unbranched alkanes of at least 4 members (excludes halogenated alkanes) is 8. The number of nitrogens with one attached hydrogen (secondary N) is 1. The molecule has 0 aromatic heterocycles. The summed E-state index contributed by atoms with van der Waals surface area (Å²) in [6.07, 6.45) is 12.9. The molecule has 1 aromatic rings. The van der Waals surface area contributed by atoms with Crippen molar-refractivity contribution in [2.45, 2.75) is 148 Å². The van der Waals surface area contributed by atoms with E-state index in [-0.39, 0.29) is 13.0 Å². The van der Waals surface area contributed by atoms with E-state index in [0.717, 1.165) is 44.9 Å². The van der Waals surface area contributed by atoms with Crippen LogP contribution in [0.4, 0.5) is 0 Å². The summed E-state index contributed by atoms with van der Waals surface area (Å²) >= 11 is 0. The number of benzene rings is 1. The number of aliphatic hydroxyl groups is 1. The van der Waals surface area contributed by atoms with E-state index in [0.29, 0.717) is 37.4 Å². The third-order valence-electron chi connectivity index (χ3n) is 8.93. The number of aliphatic carboxylic acids is 2. The molecule has 1 fully saturated rings. The number of carboxylic acid groups (broad SMARTS) is 2. The minimum Gasteiger partial charge on any atom is -0.481 e. The fourth-order valence-electron chi connectivity index (χ4n) is 6.14. The molecule has 3 atom stereocenters. The molecule has 0 bridgehead atoms. The number of carboxylic acids is 2. The molecule has 12 nitrogen and oxygen atoms in total. The second-order valence-electron chi connectivity index (χ2n) is 14.6. The van der Waals surface area contributed by atoms with Gasteiger partial charge < -0.3 is 39.6 Å². The highest BCUT2D eigenvalue weighted by atomic mass is 16.7. The lowest BCUT2D eigenvalue weighted by Crippen LogP contribution is -2.56. The lowest BCUT2D eigenvalue weighted by atomic mass is 9.82. The van der Waals surface area contributed by atoms with Gasteiger partial charge in [-0.05, 0) is 71.1 Å². The monoisotopic (exact) mass is 743 g/mol. The van der Waals surface area contributed by atoms with Crippen LogP contribution < -0.4 is 10.1 Å². The van der Waals surface area contributed by atoms with Crippen LogP contribution in [-0.2, 0) is 39.8 Å². The lowest BCUT2D eigenvalue weighted by Gasteiger charge is -2.30. The summed E-state index contributed by atoms with van der Waals surface area (Å²) < 4.78 is 23.1. The van der Waals surface area contributed by atoms with Crippen LogP contribution in [0.1, 0.15) is 124 Å². The number of ether oxygens (including phenoxy) is 4. The molecule has 0 spiro atoms. The van der Waals surface area contributed by atoms with E-state index in [4.69, 9.17) is 18.9 Å². The predicted molar refractivity (Wildman–Crippen MR) is 200 cm³/mol. The quantitative estimate of drug-likeness (QED) is 0.0379. The first kappa shape index (κ1) is 45.2. The number of rotatable bonds is 25. The van der Waals surface area contributed by atoms with Crippen molar-refractivity contribution < 1.29 is 53.4 Å². The van der Waals surface area contributed by atoms with E-state index >= 15 is 0 Å². The number of esters is 1. The normalized spacial score (nSPS) is 16.2. The zero-order chi connectivity index (χ0) is 39.3. The second kappa shape index (κ2) is 23.0. The van der Waals surface area contributed by atoms with Crippen LogP contribution in [0.15, 0.2) is 36.4 Å². The molecule has 1 amide bonds. The molecule has 0 aliphatic carbocycles. The Balaban J connectivity index is 2.13. The average Bonchev–Trinajstić information content (AvgIpc) is 3.55. The Morgan fingerprint density at radius 2 is 1.55 bits per heavy atom. The number of amides is 1. The van der Waals surface area contributed by atoms with Crippen molar-refractivity contribution in [1.82, 2.24) is 5.32 Å². The van der Waals surface area contributed by atoms with Crippen molar-refractivity contribution >= 4 is 23.8 Å². The molecule has 53 heavy (non-hydrogen) atoms. The van der Waals surface area contributed by atoms with Crippen LogP contribution in [-0.4, -0.2) is 82.0 Å². The van der Waals surface area contributed by atoms with Gasteiger partial charge in [0.15, 0.2) is 11.4 Å². The maximum absolute atomic E-state index is 13.8. The SMILES string of the molecule is CC#CCOc1ccc(C[C@@H](NC(=O)[C@H](C=CCCCCCCC2(CCCCCCC)OCCO2)[C@](O)(CC(=O)O)C(=O)O)C(=O)OC(C)(C)C)cc1. The average molecular weight is 744 g/mol. The van der Waals surface area contributed by atoms with E-state index < -0.39 is 59.2 Å². The lowest BCUT2D eigenvalue weighted by molar-refractivity contribution is -0.172. The van der Waals surface area contributed by atoms with Crippen molar-refractivity contribution in [3.63, 3.8) is 0 Å². The van der Waals surface area contributed by atoms with Gasteiger partial charge in [0.25, 0.3) is 0 Å². The summed E-state index contributed by atoms with van der Waals surface area (Å²) in [6.45, 7) is 10.3. The first-order valence-electron chi connectivity index (χ1n) is 18.9. The van der Waals surface area contributed by atoms with Gasteiger partial charge in [-0.1, -0.05) is 75.7 Å². The Kier molecular flexibility index (Phi) is 19.6. The maximum Gasteiger partial charge on any atom is 0.337 e. The van der Waals surface area contributed by atoms with Crippen LogP contribution in [0.3, 0.4) is 0 Å². The van der Waals surface area contributed by atoms with Gasteiger partial charge in [-0.2, -0.15) is 0 Å². The number of allylic oxidation sites excluding steroid dienone is 1. The van der Waals surface area contributed by atoms with Gasteiger partial charge in [0, 0.05) is 19.3 Å². The van der Waals surface area contributed by atoms with Gasteiger partial charge in [0.05, 0.1) is 25.6 Å². The number of carbonyl (C=O) groups excluding carboxylic acids is 2. The third-order valence-corrected chi connectivity index (χ3v) is 8.93. The highest BCUT2D eigenvalue weighted by Gasteiger charge is 2.49. The standard InChI is InChI=1S/C41H61NO11/c1-6-8-10-14-17-24-40(51-27-28-52-40)25-18-15-12-11-13-16-19-33(41(49,38(47)48)30-35(43)44)36(45)42-34(37(46)53-39(3,4)5)29-31-20-22-32(23-21-31)50-26-9-7-2/h16,19-23,33-34,49H,6,8,10-15,17-18,24-30H2,1-5H3,(H,42,45)(H,43,44)(H,47,48)/t33-,34+,41+/m0/s1. The highest BCUT2D eigenvalue weighted by Crippen LogP contribution is 2.32. The molecule has 1 saturated heterocycles. The molecule has 2 rings (SSSR count). The smallest absolute Gasteiger partial charge is 0.337 e. The van der Waals surface area contributed by atoms with E-state index in [9.17, 15) is 34.5 Å². The van der Waals surface area contributed by atoms with Crippen LogP contribution in [0.25, 0.3) is 0 Å². The maximum atomic E-state index is 13.8. The minimum atomic E-state index is -2.99. The fraction of sp³-hybridized carbons (Fsp3) is 0.659. The van der Waals surface area contributed by atoms with Crippen LogP contribution in [0.5, 0.6) is 5.75 Å². The van der Waals surface area contributed by atoms with Gasteiger partial charge in [0.1, 0.15) is 24.0 Å². The Bertz CT molecular complexity index is 1380. The molecule has 0 radical (unpaired) electrons. The number of carbonyl (C=O) groups is 4. The molecular formula is C41H61NO11. The summed E-state index contributed by atoms with van der Waals surface area (Å²) in [5.74, 6) is -1.54. The first-order chi connectivity index (χ1) is 25.1. The Labute approximate surface area is 315 Å². The van der Waals surface area contributed by atoms with Crippen molar-refractivity contribution in [3.8, 4) is 17.6 Å². The molecular weight excluding hydrogens is 682 g/mol. The molecule has 4 N–H and O–H groups in total. The highest BCUT2D eigenvalue weighted by molar-refractivity contribution is 5.94. The van der Waals surface area contributed by atoms with Crippen LogP contribution in [0.2, 0.25) is 0 Å². The third kappa shape index (κ3) is 16.7. The summed E-state index contributed by atoms with van der Waals surface area (Å²) in [4.78, 5) is 51.1. The van der Waals surface area contributed by atoms with Crippen molar-refractivity contribution in [2.75, 3.05) is 19.8 Å². The summed E-state index contributed by atoms with van der Waals surface area (Å²) in [5, 5.41) is 33.2. The van der Waals surface area contributed by atoms with E-state index in [1.165, 1.54) is 25.3 Å². The number of hydrogen-bond donors (Lipinski definition) is 4. The molecule has 296 valence electrons. The van der Waals surface area contributed by atoms with E-state index in [1.54, 1.807) is 58.0 Å². The number of hydrogen-bond acceptors (Lipinski definition) is 9. The fourth-order valence-corrected chi connectivity index (χ4v) is 6.14. The van der Waals surface area contributed by atoms with E-state index in [1.807, 2.05) is 0 Å². The van der Waals surface area contributed by atoms with Gasteiger partial charge in [-0.3, -0.25) is 9.59 Å². The molecule has 12 heteroatoms. The van der Waals surface area contributed by atoms with Crippen LogP contribution in [0, 0.1) is 17.8 Å². The van der Waals surface area contributed by atoms with Crippen molar-refractivity contribution in [3.05, 3.63) is 42.0 Å². The van der Waals surface area contributed by atoms with Crippen LogP contribution >= 0.6 is 0 Å². The zero-order valence-electron chi connectivity index (χ0n) is 32.2. The molecule has 1 aromatic carbocycles. The Morgan fingerprint density at radius 3 is 2.09 bits per heavy atom. The summed E-state index contributed by atoms with van der Waals surface area (Å²) in [5.41, 5.74) is -3.27. The van der Waals surface area contributed by atoms with E-state index in [2.05, 4.69) is 24.1 Å². The molecule has 1 heterocycles. The molecule has 0 unspecified atom stereocenters. The van der Waals surface area contributed by atoms with Gasteiger partial charge >= 0.3 is 17.9 Å². The Morgan fingerprint density at radius 1 is 0.943 bits per heavy atom. The Hall–Kier alpha value is -3.92. The largest absolute Gasteiger partial charge is 0.481 e. The molecule has 1 aliphatic heterocycles. The van der Waals surface area contributed by atoms with Gasteiger partial charge in [0.2, 0.25) is 5.91 Å². The topological polar surface area (TPSA) is 178 Å². The molecule has 0 saturated carbocycles. The summed E-state index contributed by atoms with van der Waals surface area (Å²) in [7, 11) is 0. The van der Waals surface area contributed by atoms with Crippen molar-refractivity contribution in [2.24, 2.45) is 5.92 Å². The summed E-state index contributed by atoms with van der Waals surface area (Å²) in [6, 6.07) is 5.50. The van der Waals surface area contributed by atoms with Crippen molar-refractivity contribution in [1.29, 1.82) is 0 Å². The van der Waals surface area contributed by atoms with Gasteiger partial charge in [-0.25, -0.2) is 9.59 Å².